The number of aromatic nitrogens is 2. The fourth-order valence-electron chi connectivity index (χ4n) is 8.12. The molecule has 242 valence electrons. The van der Waals surface area contributed by atoms with Crippen molar-refractivity contribution >= 4 is 15.8 Å². The van der Waals surface area contributed by atoms with Gasteiger partial charge in [0.15, 0.2) is 5.03 Å². The van der Waals surface area contributed by atoms with Gasteiger partial charge in [0.1, 0.15) is 11.6 Å². The number of aryl methyl sites for hydroxylation is 2. The monoisotopic (exact) mass is 632 g/mol. The molecule has 9 heteroatoms. The second kappa shape index (κ2) is 13.0. The zero-order valence-electron chi connectivity index (χ0n) is 27.4. The number of sulfonamides is 1. The van der Waals surface area contributed by atoms with E-state index in [1.54, 1.807) is 19.2 Å². The van der Waals surface area contributed by atoms with Crippen molar-refractivity contribution in [2.24, 2.45) is 23.2 Å². The van der Waals surface area contributed by atoms with Gasteiger partial charge in [-0.15, -0.1) is 0 Å². The summed E-state index contributed by atoms with van der Waals surface area (Å²) in [5.41, 5.74) is 5.05. The number of piperidine rings is 1. The van der Waals surface area contributed by atoms with Gasteiger partial charge in [0.05, 0.1) is 18.9 Å². The van der Waals surface area contributed by atoms with Gasteiger partial charge >= 0.3 is 0 Å². The minimum Gasteiger partial charge on any atom is -0.493 e. The summed E-state index contributed by atoms with van der Waals surface area (Å²) in [5, 5.41) is 0.0381. The lowest BCUT2D eigenvalue weighted by Gasteiger charge is -2.55. The average molecular weight is 633 g/mol. The van der Waals surface area contributed by atoms with Gasteiger partial charge < -0.3 is 14.4 Å². The van der Waals surface area contributed by atoms with Crippen LogP contribution in [0.25, 0.3) is 11.3 Å². The Balaban J connectivity index is 1.35. The lowest BCUT2D eigenvalue weighted by atomic mass is 9.52. The highest BCUT2D eigenvalue weighted by Crippen LogP contribution is 2.58. The Morgan fingerprint density at radius 1 is 1.04 bits per heavy atom. The van der Waals surface area contributed by atoms with Gasteiger partial charge in [0.2, 0.25) is 0 Å². The molecule has 8 nitrogen and oxygen atoms in total. The molecule has 1 saturated carbocycles. The summed E-state index contributed by atoms with van der Waals surface area (Å²) in [4.78, 5) is 12.1. The van der Waals surface area contributed by atoms with Crippen molar-refractivity contribution in [3.05, 3.63) is 65.4 Å². The maximum Gasteiger partial charge on any atom is 0.280 e. The number of hydrogen-bond donors (Lipinski definition) is 1. The zero-order valence-corrected chi connectivity index (χ0v) is 28.2. The Kier molecular flexibility index (Phi) is 9.24. The standard InChI is InChI=1S/C36H48N4O4S/c1-24(2)18-27-23-44-29-19-31(34-25(3)8-6-9-26(34)4)37-32(20-29)39-45(41,42)33-11-7-10-30(38-33)35(27)28-21-36(22-28)12-14-40(15-13-36)16-17-43-5/h6-11,19-20,24,27-28,35H,12-18,21-23H2,1-5H3,(H,37,39)/t27-,35?/m1/s1. The second-order valence-electron chi connectivity index (χ2n) is 14.1. The van der Waals surface area contributed by atoms with Gasteiger partial charge in [-0.3, -0.25) is 4.72 Å². The number of rotatable bonds is 7. The third-order valence-electron chi connectivity index (χ3n) is 10.3. The van der Waals surface area contributed by atoms with Gasteiger partial charge in [0.25, 0.3) is 10.0 Å². The lowest BCUT2D eigenvalue weighted by molar-refractivity contribution is -0.0400. The van der Waals surface area contributed by atoms with Crippen LogP contribution in [0.4, 0.5) is 5.82 Å². The molecule has 1 aromatic carbocycles. The minimum absolute atomic E-state index is 0.0381. The summed E-state index contributed by atoms with van der Waals surface area (Å²) >= 11 is 0. The van der Waals surface area contributed by atoms with Gasteiger partial charge in [-0.2, -0.15) is 8.42 Å². The van der Waals surface area contributed by atoms with Crippen molar-refractivity contribution < 1.29 is 17.9 Å². The minimum atomic E-state index is -3.98. The molecule has 0 amide bonds. The number of hydrogen-bond acceptors (Lipinski definition) is 7. The molecule has 2 aromatic heterocycles. The number of benzene rings is 1. The molecule has 1 aliphatic carbocycles. The van der Waals surface area contributed by atoms with E-state index in [1.165, 1.54) is 12.8 Å². The number of pyridine rings is 2. The summed E-state index contributed by atoms with van der Waals surface area (Å²) in [7, 11) is -2.21. The van der Waals surface area contributed by atoms with E-state index >= 15 is 0 Å². The van der Waals surface area contributed by atoms with Crippen molar-refractivity contribution in [1.82, 2.24) is 14.9 Å². The van der Waals surface area contributed by atoms with E-state index in [9.17, 15) is 8.42 Å². The largest absolute Gasteiger partial charge is 0.493 e. The molecular weight excluding hydrogens is 584 g/mol. The van der Waals surface area contributed by atoms with Crippen LogP contribution in [0.2, 0.25) is 0 Å². The molecule has 4 heterocycles. The summed E-state index contributed by atoms with van der Waals surface area (Å²) in [6.07, 6.45) is 5.68. The zero-order chi connectivity index (χ0) is 31.8. The van der Waals surface area contributed by atoms with Gasteiger partial charge in [-0.1, -0.05) is 38.1 Å². The predicted molar refractivity (Wildman–Crippen MR) is 178 cm³/mol. The van der Waals surface area contributed by atoms with E-state index < -0.39 is 10.0 Å². The van der Waals surface area contributed by atoms with Crippen LogP contribution in [0.3, 0.4) is 0 Å². The van der Waals surface area contributed by atoms with Crippen LogP contribution in [0.5, 0.6) is 5.75 Å². The molecule has 2 aliphatic heterocycles. The molecule has 2 atom stereocenters. The molecule has 1 unspecified atom stereocenters. The van der Waals surface area contributed by atoms with Crippen LogP contribution in [-0.2, 0) is 14.8 Å². The topological polar surface area (TPSA) is 93.7 Å². The van der Waals surface area contributed by atoms with Gasteiger partial charge in [0, 0.05) is 48.9 Å². The highest BCUT2D eigenvalue weighted by molar-refractivity contribution is 7.92. The molecule has 1 saturated heterocycles. The smallest absolute Gasteiger partial charge is 0.280 e. The number of anilines is 1. The quantitative estimate of drug-likeness (QED) is 0.305. The number of ether oxygens (including phenoxy) is 2. The highest BCUT2D eigenvalue weighted by Gasteiger charge is 2.50. The van der Waals surface area contributed by atoms with E-state index in [4.69, 9.17) is 19.4 Å². The Bertz CT molecular complexity index is 1590. The Morgan fingerprint density at radius 3 is 2.44 bits per heavy atom. The first-order valence-electron chi connectivity index (χ1n) is 16.5. The third-order valence-corrected chi connectivity index (χ3v) is 11.6. The highest BCUT2D eigenvalue weighted by atomic mass is 32.2. The van der Waals surface area contributed by atoms with Crippen molar-refractivity contribution in [3.8, 4) is 17.0 Å². The number of nitrogens with zero attached hydrogens (tertiary/aromatic N) is 3. The van der Waals surface area contributed by atoms with E-state index in [0.717, 1.165) is 67.9 Å². The molecule has 4 bridgehead atoms. The number of nitrogens with one attached hydrogen (secondary N) is 1. The maximum absolute atomic E-state index is 13.8. The first-order valence-corrected chi connectivity index (χ1v) is 18.0. The van der Waals surface area contributed by atoms with Crippen LogP contribution in [0.15, 0.2) is 53.6 Å². The van der Waals surface area contributed by atoms with E-state index in [0.29, 0.717) is 35.3 Å². The Hall–Kier alpha value is -3.01. The third kappa shape index (κ3) is 6.91. The summed E-state index contributed by atoms with van der Waals surface area (Å²) < 4.78 is 42.2. The predicted octanol–water partition coefficient (Wildman–Crippen LogP) is 6.84. The molecular formula is C36H48N4O4S. The fourth-order valence-corrected chi connectivity index (χ4v) is 9.09. The van der Waals surface area contributed by atoms with Crippen LogP contribution >= 0.6 is 0 Å². The summed E-state index contributed by atoms with van der Waals surface area (Å²) in [6, 6.07) is 15.2. The molecule has 3 aliphatic rings. The number of fused-ring (bicyclic) bond motifs is 4. The lowest BCUT2D eigenvalue weighted by Crippen LogP contribution is -2.50. The molecule has 1 spiro atoms. The summed E-state index contributed by atoms with van der Waals surface area (Å²) in [6.45, 7) is 13.1. The van der Waals surface area contributed by atoms with Crippen molar-refractivity contribution in [1.29, 1.82) is 0 Å². The van der Waals surface area contributed by atoms with Crippen LogP contribution in [-0.4, -0.2) is 63.2 Å². The van der Waals surface area contributed by atoms with Gasteiger partial charge in [-0.05, 0) is 99.6 Å². The van der Waals surface area contributed by atoms with E-state index in [1.807, 2.05) is 50.2 Å². The Morgan fingerprint density at radius 2 is 1.76 bits per heavy atom. The van der Waals surface area contributed by atoms with E-state index in [2.05, 4.69) is 23.5 Å². The molecule has 0 radical (unpaired) electrons. The maximum atomic E-state index is 13.8. The first kappa shape index (κ1) is 32.0. The van der Waals surface area contributed by atoms with Crippen molar-refractivity contribution in [3.63, 3.8) is 0 Å². The van der Waals surface area contributed by atoms with Gasteiger partial charge in [-0.25, -0.2) is 9.97 Å². The summed E-state index contributed by atoms with van der Waals surface area (Å²) in [5.74, 6) is 2.04. The normalized spacial score (nSPS) is 23.0. The van der Waals surface area contributed by atoms with Crippen LogP contribution < -0.4 is 9.46 Å². The SMILES string of the molecule is COCCN1CCC2(CC1)CC(C1c3cccc(n3)S(=O)(=O)Nc3cc(cc(-c4c(C)cccc4C)n3)OC[C@H]1CC(C)C)C2. The second-order valence-corrected chi connectivity index (χ2v) is 15.7. The Labute approximate surface area is 269 Å². The molecule has 3 aromatic rings. The average Bonchev–Trinajstić information content (AvgIpc) is 2.98. The van der Waals surface area contributed by atoms with Crippen LogP contribution in [0.1, 0.15) is 68.7 Å². The van der Waals surface area contributed by atoms with E-state index in [-0.39, 0.29) is 22.7 Å². The molecule has 45 heavy (non-hydrogen) atoms. The number of methoxy groups -OCH3 is 1. The van der Waals surface area contributed by atoms with Crippen molar-refractivity contribution in [2.75, 3.05) is 44.7 Å². The number of likely N-dealkylation sites (tertiary alicyclic amines) is 1. The fraction of sp³-hybridized carbons (Fsp3) is 0.556. The molecule has 1 N–H and O–H groups in total. The first-order chi connectivity index (χ1) is 21.6. The molecule has 2 fully saturated rings. The van der Waals surface area contributed by atoms with Crippen LogP contribution in [0, 0.1) is 37.0 Å². The van der Waals surface area contributed by atoms with Crippen molar-refractivity contribution in [2.45, 2.75) is 70.7 Å². The molecule has 6 rings (SSSR count).